The molecule has 3 aliphatic rings. The fourth-order valence-corrected chi connectivity index (χ4v) is 6.92. The van der Waals surface area contributed by atoms with Gasteiger partial charge in [-0.15, -0.1) is 0 Å². The summed E-state index contributed by atoms with van der Waals surface area (Å²) in [5, 5.41) is 22.2. The van der Waals surface area contributed by atoms with Crippen molar-refractivity contribution in [2.24, 2.45) is 29.4 Å². The fourth-order valence-electron chi connectivity index (χ4n) is 6.92. The number of unbranched alkanes of at least 4 members (excludes halogenated alkanes) is 2. The summed E-state index contributed by atoms with van der Waals surface area (Å²) in [6.45, 7) is 2.14. The lowest BCUT2D eigenvalue weighted by Gasteiger charge is -2.48. The van der Waals surface area contributed by atoms with Gasteiger partial charge in [0, 0.05) is 17.9 Å². The van der Waals surface area contributed by atoms with E-state index in [2.05, 4.69) is 6.92 Å². The molecule has 2 aromatic rings. The van der Waals surface area contributed by atoms with E-state index in [0.717, 1.165) is 36.8 Å². The van der Waals surface area contributed by atoms with Crippen molar-refractivity contribution < 1.29 is 38.9 Å². The van der Waals surface area contributed by atoms with Gasteiger partial charge in [0.15, 0.2) is 34.7 Å². The summed E-state index contributed by atoms with van der Waals surface area (Å²) in [5.41, 5.74) is 5.65. The summed E-state index contributed by atoms with van der Waals surface area (Å²) < 4.78 is 5.64. The number of carbonyl (C=O) groups excluding carboxylic acids is 5. The Balaban J connectivity index is 1.59. The van der Waals surface area contributed by atoms with E-state index in [0.29, 0.717) is 16.9 Å². The van der Waals surface area contributed by atoms with Gasteiger partial charge >= 0.3 is 0 Å². The van der Waals surface area contributed by atoms with Gasteiger partial charge in [0.05, 0.1) is 18.6 Å². The molecular weight excluding hydrogens is 514 g/mol. The first-order chi connectivity index (χ1) is 19.0. The van der Waals surface area contributed by atoms with E-state index in [9.17, 15) is 34.2 Å². The third kappa shape index (κ3) is 4.15. The molecule has 9 nitrogen and oxygen atoms in total. The van der Waals surface area contributed by atoms with Gasteiger partial charge in [-0.3, -0.25) is 24.0 Å². The van der Waals surface area contributed by atoms with Crippen molar-refractivity contribution in [1.29, 1.82) is 0 Å². The maximum atomic E-state index is 13.9. The largest absolute Gasteiger partial charge is 0.507 e. The molecule has 3 aliphatic carbocycles. The van der Waals surface area contributed by atoms with Crippen LogP contribution in [-0.2, 0) is 32.0 Å². The molecule has 0 aliphatic heterocycles. The number of phenols is 1. The Hall–Kier alpha value is -3.85. The summed E-state index contributed by atoms with van der Waals surface area (Å²) in [4.78, 5) is 65.1. The fraction of sp³-hybridized carbons (Fsp3) is 0.452. The number of phenolic OH excluding ortho intramolecular Hbond substituents is 1. The van der Waals surface area contributed by atoms with Crippen LogP contribution in [0.1, 0.15) is 60.5 Å². The predicted octanol–water partition coefficient (Wildman–Crippen LogP) is 2.74. The van der Waals surface area contributed by atoms with E-state index in [-0.39, 0.29) is 30.6 Å². The number of fused-ring (bicyclic) bond motifs is 3. The Bertz CT molecular complexity index is 1450. The number of rotatable bonds is 7. The first-order valence-corrected chi connectivity index (χ1v) is 13.7. The zero-order valence-corrected chi connectivity index (χ0v) is 22.6. The summed E-state index contributed by atoms with van der Waals surface area (Å²) in [7, 11) is 1.56. The number of carbonyl (C=O) groups is 5. The van der Waals surface area contributed by atoms with Crippen LogP contribution in [0, 0.1) is 23.7 Å². The first-order valence-electron chi connectivity index (χ1n) is 13.7. The Labute approximate surface area is 231 Å². The molecule has 5 rings (SSSR count). The second-order valence-electron chi connectivity index (χ2n) is 11.2. The molecule has 2 aromatic carbocycles. The van der Waals surface area contributed by atoms with Crippen LogP contribution in [0.25, 0.3) is 11.1 Å². The number of primary amides is 1. The quantitative estimate of drug-likeness (QED) is 0.352. The summed E-state index contributed by atoms with van der Waals surface area (Å²) in [6.07, 6.45) is 3.97. The van der Waals surface area contributed by atoms with Crippen molar-refractivity contribution in [3.8, 4) is 22.6 Å². The van der Waals surface area contributed by atoms with E-state index in [1.165, 1.54) is 6.07 Å². The molecular formula is C31H33NO8. The predicted molar refractivity (Wildman–Crippen MR) is 144 cm³/mol. The number of aromatic hydroxyl groups is 1. The average Bonchev–Trinajstić information content (AvgIpc) is 2.91. The molecule has 0 radical (unpaired) electrons. The van der Waals surface area contributed by atoms with Crippen LogP contribution in [0.2, 0.25) is 0 Å². The number of nitrogens with two attached hydrogens (primary N) is 1. The minimum absolute atomic E-state index is 0.0293. The van der Waals surface area contributed by atoms with E-state index >= 15 is 0 Å². The Morgan fingerprint density at radius 3 is 2.48 bits per heavy atom. The average molecular weight is 548 g/mol. The van der Waals surface area contributed by atoms with Gasteiger partial charge in [0.1, 0.15) is 11.5 Å². The molecule has 2 unspecified atom stereocenters. The molecule has 0 saturated heterocycles. The third-order valence-electron chi connectivity index (χ3n) is 8.91. The number of benzene rings is 2. The van der Waals surface area contributed by atoms with Crippen LogP contribution in [0.3, 0.4) is 0 Å². The zero-order valence-electron chi connectivity index (χ0n) is 22.6. The van der Waals surface area contributed by atoms with Gasteiger partial charge < -0.3 is 20.7 Å². The number of aryl methyl sites for hydroxylation is 1. The lowest BCUT2D eigenvalue weighted by Crippen LogP contribution is -2.68. The Morgan fingerprint density at radius 2 is 1.80 bits per heavy atom. The van der Waals surface area contributed by atoms with Crippen LogP contribution in [0.5, 0.6) is 11.5 Å². The van der Waals surface area contributed by atoms with Crippen molar-refractivity contribution in [2.75, 3.05) is 7.11 Å². The number of Topliss-reactive ketones (excluding diaryl/α,β-unsaturated/α-hetero) is 4. The van der Waals surface area contributed by atoms with Gasteiger partial charge in [-0.05, 0) is 66.5 Å². The Morgan fingerprint density at radius 1 is 1.05 bits per heavy atom. The number of ketones is 4. The highest BCUT2D eigenvalue weighted by molar-refractivity contribution is 6.31. The molecule has 1 amide bonds. The van der Waals surface area contributed by atoms with Gasteiger partial charge in [0.25, 0.3) is 0 Å². The van der Waals surface area contributed by atoms with Gasteiger partial charge in [0.2, 0.25) is 5.91 Å². The third-order valence-corrected chi connectivity index (χ3v) is 8.91. The molecule has 40 heavy (non-hydrogen) atoms. The summed E-state index contributed by atoms with van der Waals surface area (Å²) in [6, 6.07) is 9.02. The van der Waals surface area contributed by atoms with E-state index < -0.39 is 58.3 Å². The molecule has 210 valence electrons. The molecule has 0 aromatic heterocycles. The second-order valence-corrected chi connectivity index (χ2v) is 11.2. The van der Waals surface area contributed by atoms with Crippen LogP contribution in [-0.4, -0.2) is 52.0 Å². The molecule has 9 heteroatoms. The van der Waals surface area contributed by atoms with E-state index in [1.54, 1.807) is 13.2 Å². The Kier molecular flexibility index (Phi) is 7.12. The van der Waals surface area contributed by atoms with Crippen molar-refractivity contribution >= 4 is 29.0 Å². The molecule has 4 N–H and O–H groups in total. The molecule has 0 spiro atoms. The minimum atomic E-state index is -2.66. The molecule has 5 atom stereocenters. The molecule has 0 bridgehead atoms. The second kappa shape index (κ2) is 10.3. The maximum Gasteiger partial charge on any atom is 0.235 e. The van der Waals surface area contributed by atoms with Gasteiger partial charge in [-0.1, -0.05) is 31.9 Å². The number of hydrogen-bond donors (Lipinski definition) is 3. The van der Waals surface area contributed by atoms with Crippen molar-refractivity contribution in [3.63, 3.8) is 0 Å². The van der Waals surface area contributed by atoms with E-state index in [4.69, 9.17) is 10.5 Å². The number of ether oxygens (including phenoxy) is 1. The van der Waals surface area contributed by atoms with Gasteiger partial charge in [-0.2, -0.15) is 0 Å². The summed E-state index contributed by atoms with van der Waals surface area (Å²) in [5.74, 6) is -9.66. The van der Waals surface area contributed by atoms with Crippen LogP contribution < -0.4 is 10.5 Å². The smallest absolute Gasteiger partial charge is 0.235 e. The first kappa shape index (κ1) is 27.7. The lowest BCUT2D eigenvalue weighted by atomic mass is 9.53. The lowest BCUT2D eigenvalue weighted by molar-refractivity contribution is -0.175. The van der Waals surface area contributed by atoms with Crippen molar-refractivity contribution in [3.05, 3.63) is 47.0 Å². The van der Waals surface area contributed by atoms with Gasteiger partial charge in [-0.25, -0.2) is 0 Å². The highest BCUT2D eigenvalue weighted by Gasteiger charge is 2.66. The van der Waals surface area contributed by atoms with Crippen LogP contribution in [0.15, 0.2) is 30.3 Å². The number of methoxy groups -OCH3 is 1. The number of aliphatic hydroxyl groups is 1. The van der Waals surface area contributed by atoms with Crippen LogP contribution in [0.4, 0.5) is 0 Å². The maximum absolute atomic E-state index is 13.9. The topological polar surface area (TPSA) is 161 Å². The highest BCUT2D eigenvalue weighted by Crippen LogP contribution is 2.51. The van der Waals surface area contributed by atoms with Crippen LogP contribution >= 0.6 is 0 Å². The minimum Gasteiger partial charge on any atom is -0.507 e. The number of amides is 1. The van der Waals surface area contributed by atoms with E-state index in [1.807, 2.05) is 18.2 Å². The number of hydrogen-bond acceptors (Lipinski definition) is 8. The van der Waals surface area contributed by atoms with Crippen molar-refractivity contribution in [1.82, 2.24) is 0 Å². The zero-order chi connectivity index (χ0) is 28.9. The highest BCUT2D eigenvalue weighted by atomic mass is 16.5. The molecule has 2 fully saturated rings. The summed E-state index contributed by atoms with van der Waals surface area (Å²) >= 11 is 0. The molecule has 2 saturated carbocycles. The standard InChI is InChI=1S/C31H33NO8/c1-3-4-5-6-15-7-10-23(40-2)19(11-15)18-8-9-21(33)25-20(18)13-16-12-17-14-22(34)26(30(32)38)29(37)31(17,39)28(36)24(16)27(25)35/h7-11,16-17,24,26,33,39H,3-6,12-14H2,1-2H3,(H2,32,38)/t16-,17+,24?,26?,31+/m1/s1. The SMILES string of the molecule is CCCCCc1ccc(OC)c(-c2ccc(O)c3c2C[C@H]2C[C@H]4CC(=O)C(C(N)=O)C(=O)[C@@]4(O)C(=O)C2C3=O)c1. The monoisotopic (exact) mass is 547 g/mol. The normalized spacial score (nSPS) is 27.6. The van der Waals surface area contributed by atoms with Crippen molar-refractivity contribution in [2.45, 2.75) is 57.5 Å². The molecule has 0 heterocycles.